The molecule has 0 bridgehead atoms. The fourth-order valence-corrected chi connectivity index (χ4v) is 2.32. The van der Waals surface area contributed by atoms with Gasteiger partial charge in [0, 0.05) is 13.1 Å². The van der Waals surface area contributed by atoms with Gasteiger partial charge >= 0.3 is 0 Å². The third-order valence-corrected chi connectivity index (χ3v) is 3.46. The Morgan fingerprint density at radius 2 is 2.05 bits per heavy atom. The number of hydrogen-bond donors (Lipinski definition) is 2. The van der Waals surface area contributed by atoms with Crippen LogP contribution in [0, 0.1) is 0 Å². The van der Waals surface area contributed by atoms with Crippen molar-refractivity contribution in [3.8, 4) is 5.75 Å². The summed E-state index contributed by atoms with van der Waals surface area (Å²) >= 11 is 0. The second-order valence-electron chi connectivity index (χ2n) is 4.97. The van der Waals surface area contributed by atoms with E-state index in [0.717, 1.165) is 31.6 Å². The highest BCUT2D eigenvalue weighted by atomic mass is 16.5. The van der Waals surface area contributed by atoms with Crippen molar-refractivity contribution in [2.75, 3.05) is 32.1 Å². The van der Waals surface area contributed by atoms with Gasteiger partial charge < -0.3 is 20.7 Å². The number of benzene rings is 1. The summed E-state index contributed by atoms with van der Waals surface area (Å²) in [7, 11) is 1.59. The van der Waals surface area contributed by atoms with Crippen LogP contribution in [0.15, 0.2) is 29.3 Å². The van der Waals surface area contributed by atoms with Gasteiger partial charge in [0.05, 0.1) is 12.8 Å². The number of aliphatic imine (C=N–C) groups is 1. The monoisotopic (exact) mass is 290 g/mol. The number of nitrogens with one attached hydrogen (secondary N) is 1. The molecule has 1 aromatic carbocycles. The molecular weight excluding hydrogens is 268 g/mol. The molecule has 0 saturated carbocycles. The lowest BCUT2D eigenvalue weighted by Crippen LogP contribution is -2.37. The van der Waals surface area contributed by atoms with E-state index in [1.165, 1.54) is 6.42 Å². The highest BCUT2D eigenvalue weighted by Gasteiger charge is 2.15. The Kier molecular flexibility index (Phi) is 5.43. The van der Waals surface area contributed by atoms with E-state index in [1.807, 2.05) is 29.2 Å². The SMILES string of the molecule is COc1ccccc1NC(N)=NCC(=O)N1CCCCC1. The minimum absolute atomic E-state index is 0.0273. The number of likely N-dealkylation sites (tertiary alicyclic amines) is 1. The minimum Gasteiger partial charge on any atom is -0.495 e. The van der Waals surface area contributed by atoms with Gasteiger partial charge in [0.2, 0.25) is 5.91 Å². The van der Waals surface area contributed by atoms with Gasteiger partial charge in [0.25, 0.3) is 0 Å². The Labute approximate surface area is 125 Å². The highest BCUT2D eigenvalue weighted by molar-refractivity contribution is 5.95. The summed E-state index contributed by atoms with van der Waals surface area (Å²) < 4.78 is 5.22. The number of ether oxygens (including phenoxy) is 1. The molecule has 1 saturated heterocycles. The summed E-state index contributed by atoms with van der Waals surface area (Å²) in [5, 5.41) is 2.95. The van der Waals surface area contributed by atoms with Crippen molar-refractivity contribution in [3.63, 3.8) is 0 Å². The molecule has 6 heteroatoms. The fourth-order valence-electron chi connectivity index (χ4n) is 2.32. The van der Waals surface area contributed by atoms with E-state index in [9.17, 15) is 4.79 Å². The van der Waals surface area contributed by atoms with Crippen LogP contribution in [-0.2, 0) is 4.79 Å². The van der Waals surface area contributed by atoms with Gasteiger partial charge in [-0.05, 0) is 31.4 Å². The van der Waals surface area contributed by atoms with Crippen LogP contribution in [0.25, 0.3) is 0 Å². The summed E-state index contributed by atoms with van der Waals surface area (Å²) in [4.78, 5) is 17.9. The van der Waals surface area contributed by atoms with Gasteiger partial charge in [0.1, 0.15) is 12.3 Å². The van der Waals surface area contributed by atoms with Gasteiger partial charge in [-0.1, -0.05) is 12.1 Å². The van der Waals surface area contributed by atoms with Crippen LogP contribution in [0.2, 0.25) is 0 Å². The molecule has 1 heterocycles. The van der Waals surface area contributed by atoms with Crippen LogP contribution in [-0.4, -0.2) is 43.5 Å². The Morgan fingerprint density at radius 1 is 1.33 bits per heavy atom. The van der Waals surface area contributed by atoms with E-state index in [0.29, 0.717) is 5.75 Å². The summed E-state index contributed by atoms with van der Waals surface area (Å²) in [6.07, 6.45) is 3.35. The number of nitrogens with two attached hydrogens (primary N) is 1. The third-order valence-electron chi connectivity index (χ3n) is 3.46. The van der Waals surface area contributed by atoms with Gasteiger partial charge in [-0.3, -0.25) is 4.79 Å². The first-order chi connectivity index (χ1) is 10.2. The number of rotatable bonds is 4. The maximum Gasteiger partial charge on any atom is 0.244 e. The maximum absolute atomic E-state index is 12.0. The number of para-hydroxylation sites is 2. The van der Waals surface area contributed by atoms with Crippen LogP contribution >= 0.6 is 0 Å². The molecule has 0 radical (unpaired) electrons. The highest BCUT2D eigenvalue weighted by Crippen LogP contribution is 2.22. The number of anilines is 1. The summed E-state index contributed by atoms with van der Waals surface area (Å²) in [5.41, 5.74) is 6.55. The standard InChI is InChI=1S/C15H22N4O2/c1-21-13-8-4-3-7-12(13)18-15(16)17-11-14(20)19-9-5-2-6-10-19/h3-4,7-8H,2,5-6,9-11H2,1H3,(H3,16,17,18). The van der Waals surface area contributed by atoms with Crippen LogP contribution < -0.4 is 15.8 Å². The van der Waals surface area contributed by atoms with E-state index >= 15 is 0 Å². The molecule has 21 heavy (non-hydrogen) atoms. The Bertz CT molecular complexity index is 510. The smallest absolute Gasteiger partial charge is 0.244 e. The van der Waals surface area contributed by atoms with Crippen molar-refractivity contribution in [2.45, 2.75) is 19.3 Å². The summed E-state index contributed by atoms with van der Waals surface area (Å²) in [5.74, 6) is 0.919. The first-order valence-corrected chi connectivity index (χ1v) is 7.18. The van der Waals surface area contributed by atoms with E-state index < -0.39 is 0 Å². The van der Waals surface area contributed by atoms with Crippen molar-refractivity contribution >= 4 is 17.6 Å². The normalized spacial score (nSPS) is 15.7. The molecule has 1 aromatic rings. The third kappa shape index (κ3) is 4.37. The zero-order valence-electron chi connectivity index (χ0n) is 12.3. The van der Waals surface area contributed by atoms with Crippen LogP contribution in [0.1, 0.15) is 19.3 Å². The predicted octanol–water partition coefficient (Wildman–Crippen LogP) is 1.43. The molecule has 1 amide bonds. The predicted molar refractivity (Wildman–Crippen MR) is 83.5 cm³/mol. The number of carbonyl (C=O) groups excluding carboxylic acids is 1. The Morgan fingerprint density at radius 3 is 2.76 bits per heavy atom. The topological polar surface area (TPSA) is 80.0 Å². The molecule has 2 rings (SSSR count). The van der Waals surface area contributed by atoms with Crippen molar-refractivity contribution in [1.82, 2.24) is 4.90 Å². The second kappa shape index (κ2) is 7.52. The lowest BCUT2D eigenvalue weighted by molar-refractivity contribution is -0.130. The number of methoxy groups -OCH3 is 1. The molecule has 1 aliphatic rings. The number of piperidine rings is 1. The number of amides is 1. The largest absolute Gasteiger partial charge is 0.495 e. The molecule has 0 aliphatic carbocycles. The van der Waals surface area contributed by atoms with Gasteiger partial charge in [-0.25, -0.2) is 4.99 Å². The van der Waals surface area contributed by atoms with Crippen molar-refractivity contribution in [2.24, 2.45) is 10.7 Å². The maximum atomic E-state index is 12.0. The van der Waals surface area contributed by atoms with Gasteiger partial charge in [0.15, 0.2) is 5.96 Å². The first-order valence-electron chi connectivity index (χ1n) is 7.18. The molecule has 0 aromatic heterocycles. The quantitative estimate of drug-likeness (QED) is 0.649. The summed E-state index contributed by atoms with van der Waals surface area (Å²) in [6.45, 7) is 1.73. The van der Waals surface area contributed by atoms with E-state index in [2.05, 4.69) is 10.3 Å². The zero-order valence-corrected chi connectivity index (χ0v) is 12.3. The Hall–Kier alpha value is -2.24. The van der Waals surface area contributed by atoms with E-state index in [4.69, 9.17) is 10.5 Å². The lowest BCUT2D eigenvalue weighted by atomic mass is 10.1. The molecule has 0 spiro atoms. The second-order valence-corrected chi connectivity index (χ2v) is 4.97. The number of nitrogens with zero attached hydrogens (tertiary/aromatic N) is 2. The average molecular weight is 290 g/mol. The van der Waals surface area contributed by atoms with E-state index in [1.54, 1.807) is 7.11 Å². The lowest BCUT2D eigenvalue weighted by Gasteiger charge is -2.26. The van der Waals surface area contributed by atoms with E-state index in [-0.39, 0.29) is 18.4 Å². The first kappa shape index (κ1) is 15.2. The fraction of sp³-hybridized carbons (Fsp3) is 0.467. The van der Waals surface area contributed by atoms with Crippen molar-refractivity contribution in [1.29, 1.82) is 0 Å². The molecular formula is C15H22N4O2. The van der Waals surface area contributed by atoms with Crippen LogP contribution in [0.4, 0.5) is 5.69 Å². The Balaban J connectivity index is 1.90. The molecule has 114 valence electrons. The van der Waals surface area contributed by atoms with Crippen LogP contribution in [0.5, 0.6) is 5.75 Å². The molecule has 0 unspecified atom stereocenters. The molecule has 1 fully saturated rings. The zero-order chi connectivity index (χ0) is 15.1. The van der Waals surface area contributed by atoms with Gasteiger partial charge in [-0.2, -0.15) is 0 Å². The molecule has 6 nitrogen and oxygen atoms in total. The minimum atomic E-state index is 0.0273. The van der Waals surface area contributed by atoms with Gasteiger partial charge in [-0.15, -0.1) is 0 Å². The molecule has 1 aliphatic heterocycles. The molecule has 3 N–H and O–H groups in total. The summed E-state index contributed by atoms with van der Waals surface area (Å²) in [6, 6.07) is 7.41. The number of guanidine groups is 1. The average Bonchev–Trinajstić information content (AvgIpc) is 2.54. The van der Waals surface area contributed by atoms with Crippen molar-refractivity contribution < 1.29 is 9.53 Å². The number of hydrogen-bond acceptors (Lipinski definition) is 3. The molecule has 0 atom stereocenters. The number of carbonyl (C=O) groups is 1. The van der Waals surface area contributed by atoms with Crippen LogP contribution in [0.3, 0.4) is 0 Å². The van der Waals surface area contributed by atoms with Crippen molar-refractivity contribution in [3.05, 3.63) is 24.3 Å².